The fourth-order valence-corrected chi connectivity index (χ4v) is 3.35. The number of benzene rings is 1. The molecule has 1 aliphatic rings. The molecule has 0 saturated carbocycles. The summed E-state index contributed by atoms with van der Waals surface area (Å²) in [6, 6.07) is 6.69. The van der Waals surface area contributed by atoms with E-state index in [0.29, 0.717) is 34.2 Å². The number of likely N-dealkylation sites (tertiary alicyclic amines) is 1. The van der Waals surface area contributed by atoms with Gasteiger partial charge < -0.3 is 19.7 Å². The number of rotatable bonds is 5. The Kier molecular flexibility index (Phi) is 6.13. The van der Waals surface area contributed by atoms with E-state index in [0.717, 1.165) is 25.9 Å². The van der Waals surface area contributed by atoms with E-state index in [9.17, 15) is 9.59 Å². The van der Waals surface area contributed by atoms with Crippen molar-refractivity contribution < 1.29 is 19.1 Å². The van der Waals surface area contributed by atoms with Crippen molar-refractivity contribution in [3.8, 4) is 11.5 Å². The second-order valence-electron chi connectivity index (χ2n) is 6.98. The van der Waals surface area contributed by atoms with Crippen molar-refractivity contribution >= 4 is 17.5 Å². The van der Waals surface area contributed by atoms with Crippen molar-refractivity contribution in [2.75, 3.05) is 32.6 Å². The highest BCUT2D eigenvalue weighted by molar-refractivity contribution is 6.06. The molecule has 7 nitrogen and oxygen atoms in total. The van der Waals surface area contributed by atoms with E-state index in [1.807, 2.05) is 4.90 Å². The molecule has 1 N–H and O–H groups in total. The van der Waals surface area contributed by atoms with E-state index >= 15 is 0 Å². The number of hydrogen-bond acceptors (Lipinski definition) is 5. The molecule has 1 fully saturated rings. The third kappa shape index (κ3) is 4.42. The number of hydrogen-bond donors (Lipinski definition) is 1. The zero-order valence-corrected chi connectivity index (χ0v) is 16.4. The van der Waals surface area contributed by atoms with Crippen molar-refractivity contribution in [2.24, 2.45) is 5.92 Å². The Labute approximate surface area is 164 Å². The van der Waals surface area contributed by atoms with Crippen LogP contribution in [0.5, 0.6) is 11.5 Å². The summed E-state index contributed by atoms with van der Waals surface area (Å²) >= 11 is 0. The van der Waals surface area contributed by atoms with E-state index in [4.69, 9.17) is 9.47 Å². The van der Waals surface area contributed by atoms with Crippen LogP contribution in [0.25, 0.3) is 0 Å². The molecule has 0 radical (unpaired) electrons. The average Bonchev–Trinajstić information content (AvgIpc) is 2.73. The number of aromatic nitrogens is 1. The summed E-state index contributed by atoms with van der Waals surface area (Å²) < 4.78 is 10.4. The lowest BCUT2D eigenvalue weighted by molar-refractivity contribution is 0.0682. The maximum atomic E-state index is 12.8. The molecular formula is C21H25N3O4. The van der Waals surface area contributed by atoms with Crippen LogP contribution in [-0.4, -0.2) is 49.0 Å². The van der Waals surface area contributed by atoms with Gasteiger partial charge in [0.05, 0.1) is 25.3 Å². The zero-order chi connectivity index (χ0) is 20.1. The van der Waals surface area contributed by atoms with Gasteiger partial charge in [-0.25, -0.2) is 0 Å². The number of methoxy groups -OCH3 is 2. The Balaban J connectivity index is 1.74. The van der Waals surface area contributed by atoms with Crippen LogP contribution >= 0.6 is 0 Å². The predicted molar refractivity (Wildman–Crippen MR) is 106 cm³/mol. The number of ether oxygens (including phenoxy) is 2. The first-order valence-electron chi connectivity index (χ1n) is 9.29. The van der Waals surface area contributed by atoms with Crippen LogP contribution < -0.4 is 14.8 Å². The van der Waals surface area contributed by atoms with E-state index < -0.39 is 0 Å². The summed E-state index contributed by atoms with van der Waals surface area (Å²) in [6.45, 7) is 3.62. The lowest BCUT2D eigenvalue weighted by Crippen LogP contribution is -2.39. The van der Waals surface area contributed by atoms with Gasteiger partial charge in [-0.3, -0.25) is 14.6 Å². The molecule has 2 amide bonds. The molecular weight excluding hydrogens is 358 g/mol. The number of carbonyl (C=O) groups excluding carboxylic acids is 2. The quantitative estimate of drug-likeness (QED) is 0.857. The van der Waals surface area contributed by atoms with Gasteiger partial charge in [0.2, 0.25) is 0 Å². The monoisotopic (exact) mass is 383 g/mol. The summed E-state index contributed by atoms with van der Waals surface area (Å²) in [5.41, 5.74) is 1.31. The van der Waals surface area contributed by atoms with Gasteiger partial charge in [-0.2, -0.15) is 0 Å². The van der Waals surface area contributed by atoms with Crippen molar-refractivity contribution in [3.63, 3.8) is 0 Å². The number of carbonyl (C=O) groups is 2. The third-order valence-corrected chi connectivity index (χ3v) is 4.83. The lowest BCUT2D eigenvalue weighted by Gasteiger charge is -2.30. The van der Waals surface area contributed by atoms with Crippen molar-refractivity contribution in [2.45, 2.75) is 19.8 Å². The van der Waals surface area contributed by atoms with E-state index in [-0.39, 0.29) is 11.8 Å². The molecule has 1 saturated heterocycles. The highest BCUT2D eigenvalue weighted by atomic mass is 16.5. The van der Waals surface area contributed by atoms with Gasteiger partial charge in [0.15, 0.2) is 11.5 Å². The minimum Gasteiger partial charge on any atom is -0.493 e. The minimum absolute atomic E-state index is 0.0835. The number of nitrogens with zero attached hydrogens (tertiary/aromatic N) is 2. The normalized spacial score (nSPS) is 16.4. The predicted octanol–water partition coefficient (Wildman–Crippen LogP) is 3.22. The Bertz CT molecular complexity index is 868. The molecule has 28 heavy (non-hydrogen) atoms. The van der Waals surface area contributed by atoms with Gasteiger partial charge in [-0.05, 0) is 37.0 Å². The minimum atomic E-state index is -0.346. The van der Waals surface area contributed by atoms with Crippen LogP contribution in [0.3, 0.4) is 0 Å². The van der Waals surface area contributed by atoms with Crippen LogP contribution in [0.1, 0.15) is 40.5 Å². The van der Waals surface area contributed by atoms with Crippen molar-refractivity contribution in [1.82, 2.24) is 9.88 Å². The third-order valence-electron chi connectivity index (χ3n) is 4.83. The molecule has 0 bridgehead atoms. The van der Waals surface area contributed by atoms with Crippen LogP contribution in [0.15, 0.2) is 36.7 Å². The standard InChI is InChI=1S/C21H25N3O4/c1-14-5-4-8-24(13-14)21(26)16-9-15(11-22-12-16)20(25)23-17-6-7-18(27-2)19(10-17)28-3/h6-7,9-12,14H,4-5,8,13H2,1-3H3,(H,23,25). The Morgan fingerprint density at radius 1 is 1.11 bits per heavy atom. The zero-order valence-electron chi connectivity index (χ0n) is 16.4. The molecule has 2 aromatic rings. The molecule has 2 heterocycles. The van der Waals surface area contributed by atoms with E-state index in [1.165, 1.54) is 19.5 Å². The number of pyridine rings is 1. The first-order valence-corrected chi connectivity index (χ1v) is 9.29. The van der Waals surface area contributed by atoms with Gasteiger partial charge >= 0.3 is 0 Å². The molecule has 0 aliphatic carbocycles. The smallest absolute Gasteiger partial charge is 0.257 e. The number of amides is 2. The highest BCUT2D eigenvalue weighted by Crippen LogP contribution is 2.30. The second kappa shape index (κ2) is 8.73. The van der Waals surface area contributed by atoms with Gasteiger partial charge in [0.1, 0.15) is 0 Å². The fraction of sp³-hybridized carbons (Fsp3) is 0.381. The van der Waals surface area contributed by atoms with Crippen LogP contribution in [-0.2, 0) is 0 Å². The Morgan fingerprint density at radius 3 is 2.57 bits per heavy atom. The summed E-state index contributed by atoms with van der Waals surface area (Å²) in [6.07, 6.45) is 5.09. The van der Waals surface area contributed by atoms with Gasteiger partial charge in [0.25, 0.3) is 11.8 Å². The topological polar surface area (TPSA) is 80.8 Å². The molecule has 1 aromatic heterocycles. The average molecular weight is 383 g/mol. The summed E-state index contributed by atoms with van der Waals surface area (Å²) in [4.78, 5) is 31.3. The van der Waals surface area contributed by atoms with Gasteiger partial charge in [-0.1, -0.05) is 6.92 Å². The first-order chi connectivity index (χ1) is 13.5. The summed E-state index contributed by atoms with van der Waals surface area (Å²) in [7, 11) is 3.08. The summed E-state index contributed by atoms with van der Waals surface area (Å²) in [5, 5.41) is 2.80. The Hall–Kier alpha value is -3.09. The maximum Gasteiger partial charge on any atom is 0.257 e. The molecule has 1 atom stereocenters. The second-order valence-corrected chi connectivity index (χ2v) is 6.98. The molecule has 1 aromatic carbocycles. The fourth-order valence-electron chi connectivity index (χ4n) is 3.35. The molecule has 3 rings (SSSR count). The number of nitrogens with one attached hydrogen (secondary N) is 1. The molecule has 7 heteroatoms. The highest BCUT2D eigenvalue weighted by Gasteiger charge is 2.23. The number of anilines is 1. The lowest BCUT2D eigenvalue weighted by atomic mass is 9.99. The van der Waals surface area contributed by atoms with Gasteiger partial charge in [-0.15, -0.1) is 0 Å². The van der Waals surface area contributed by atoms with E-state index in [2.05, 4.69) is 17.2 Å². The van der Waals surface area contributed by atoms with Crippen LogP contribution in [0, 0.1) is 5.92 Å². The van der Waals surface area contributed by atoms with Gasteiger partial charge in [0, 0.05) is 37.2 Å². The largest absolute Gasteiger partial charge is 0.493 e. The number of piperidine rings is 1. The molecule has 1 aliphatic heterocycles. The Morgan fingerprint density at radius 2 is 1.86 bits per heavy atom. The van der Waals surface area contributed by atoms with Crippen LogP contribution in [0.2, 0.25) is 0 Å². The van der Waals surface area contributed by atoms with E-state index in [1.54, 1.807) is 31.4 Å². The van der Waals surface area contributed by atoms with Crippen molar-refractivity contribution in [3.05, 3.63) is 47.8 Å². The van der Waals surface area contributed by atoms with Crippen LogP contribution in [0.4, 0.5) is 5.69 Å². The van der Waals surface area contributed by atoms with Crippen molar-refractivity contribution in [1.29, 1.82) is 0 Å². The summed E-state index contributed by atoms with van der Waals surface area (Å²) in [5.74, 6) is 1.15. The molecule has 0 spiro atoms. The molecule has 148 valence electrons. The molecule has 1 unspecified atom stereocenters. The maximum absolute atomic E-state index is 12.8. The SMILES string of the molecule is COc1ccc(NC(=O)c2cncc(C(=O)N3CCCC(C)C3)c2)cc1OC. The first kappa shape index (κ1) is 19.7.